The van der Waals surface area contributed by atoms with Crippen molar-refractivity contribution in [2.45, 2.75) is 25.2 Å². The fraction of sp³-hybridized carbons (Fsp3) is 0.462. The minimum atomic E-state index is -3.70. The van der Waals surface area contributed by atoms with E-state index in [4.69, 9.17) is 4.74 Å². The van der Waals surface area contributed by atoms with Gasteiger partial charge < -0.3 is 4.74 Å². The summed E-state index contributed by atoms with van der Waals surface area (Å²) < 4.78 is 30.4. The van der Waals surface area contributed by atoms with Crippen molar-refractivity contribution in [3.63, 3.8) is 0 Å². The summed E-state index contributed by atoms with van der Waals surface area (Å²) in [4.78, 5) is 11.9. The van der Waals surface area contributed by atoms with Gasteiger partial charge in [0.05, 0.1) is 12.9 Å². The van der Waals surface area contributed by atoms with Crippen LogP contribution in [0.1, 0.15) is 41.4 Å². The van der Waals surface area contributed by atoms with E-state index >= 15 is 0 Å². The van der Waals surface area contributed by atoms with Crippen LogP contribution in [0.5, 0.6) is 5.75 Å². The average Bonchev–Trinajstić information content (AvgIpc) is 3.28. The summed E-state index contributed by atoms with van der Waals surface area (Å²) in [6.45, 7) is 3.44. The van der Waals surface area contributed by atoms with Gasteiger partial charge in [0, 0.05) is 12.0 Å². The Morgan fingerprint density at radius 1 is 1.52 bits per heavy atom. The van der Waals surface area contributed by atoms with E-state index in [1.54, 1.807) is 0 Å². The summed E-state index contributed by atoms with van der Waals surface area (Å²) >= 11 is 0. The van der Waals surface area contributed by atoms with E-state index in [-0.39, 0.29) is 17.9 Å². The minimum absolute atomic E-state index is 0.0848. The first-order valence-corrected chi connectivity index (χ1v) is 8.19. The van der Waals surface area contributed by atoms with Crippen LogP contribution in [0.25, 0.3) is 0 Å². The summed E-state index contributed by atoms with van der Waals surface area (Å²) in [5, 5.41) is 7.76. The molecule has 1 aromatic heterocycles. The quantitative estimate of drug-likeness (QED) is 0.754. The molecule has 0 unspecified atom stereocenters. The number of nitrogens with one attached hydrogen (secondary N) is 1. The fourth-order valence-electron chi connectivity index (χ4n) is 1.78. The van der Waals surface area contributed by atoms with Crippen LogP contribution in [0.4, 0.5) is 0 Å². The number of amides is 1. The first-order valence-electron chi connectivity index (χ1n) is 6.54. The largest absolute Gasteiger partial charge is 0.495 e. The van der Waals surface area contributed by atoms with E-state index in [1.165, 1.54) is 19.3 Å². The molecule has 0 aliphatic heterocycles. The zero-order valence-electron chi connectivity index (χ0n) is 11.7. The third-order valence-electron chi connectivity index (χ3n) is 3.04. The summed E-state index contributed by atoms with van der Waals surface area (Å²) in [5.74, 6) is -0.235. The molecule has 0 saturated heterocycles. The van der Waals surface area contributed by atoms with Crippen molar-refractivity contribution in [1.82, 2.24) is 14.9 Å². The molecule has 21 heavy (non-hydrogen) atoms. The second-order valence-electron chi connectivity index (χ2n) is 4.78. The predicted octanol–water partition coefficient (Wildman–Crippen LogP) is 0.998. The highest BCUT2D eigenvalue weighted by Crippen LogP contribution is 2.42. The molecule has 8 heteroatoms. The van der Waals surface area contributed by atoms with E-state index in [2.05, 4.69) is 16.8 Å². The van der Waals surface area contributed by atoms with Gasteiger partial charge in [0.2, 0.25) is 10.0 Å². The van der Waals surface area contributed by atoms with E-state index in [1.807, 2.05) is 4.72 Å². The van der Waals surface area contributed by atoms with Gasteiger partial charge in [-0.1, -0.05) is 6.08 Å². The number of hydrogen-bond acceptors (Lipinski definition) is 6. The number of allylic oxidation sites excluding steroid dienone is 1. The van der Waals surface area contributed by atoms with Gasteiger partial charge in [-0.05, 0) is 19.3 Å². The number of carbonyl (C=O) groups is 1. The van der Waals surface area contributed by atoms with Crippen LogP contribution in [0.2, 0.25) is 0 Å². The molecule has 2 rings (SSSR count). The Labute approximate surface area is 123 Å². The second-order valence-corrected chi connectivity index (χ2v) is 6.63. The highest BCUT2D eigenvalue weighted by atomic mass is 32.2. The molecule has 1 N–H and O–H groups in total. The fourth-order valence-corrected chi connectivity index (χ4v) is 2.75. The Kier molecular flexibility index (Phi) is 4.56. The third-order valence-corrected chi connectivity index (χ3v) is 4.31. The van der Waals surface area contributed by atoms with Gasteiger partial charge in [-0.25, -0.2) is 13.1 Å². The van der Waals surface area contributed by atoms with Gasteiger partial charge in [-0.2, -0.15) is 5.10 Å². The molecule has 0 aromatic carbocycles. The second kappa shape index (κ2) is 6.21. The van der Waals surface area contributed by atoms with E-state index in [0.29, 0.717) is 17.4 Å². The molecule has 114 valence electrons. The molecule has 0 bridgehead atoms. The molecule has 1 fully saturated rings. The number of hydrogen-bond donors (Lipinski definition) is 1. The molecular formula is C13H17N3O4S. The summed E-state index contributed by atoms with van der Waals surface area (Å²) in [5.41, 5.74) is 0.627. The topological polar surface area (TPSA) is 98.2 Å². The maximum absolute atomic E-state index is 11.9. The van der Waals surface area contributed by atoms with Crippen LogP contribution in [0, 0.1) is 0 Å². The van der Waals surface area contributed by atoms with Crippen LogP contribution < -0.4 is 9.46 Å². The van der Waals surface area contributed by atoms with Gasteiger partial charge in [-0.15, -0.1) is 11.7 Å². The number of aromatic nitrogens is 2. The molecule has 1 aromatic rings. The lowest BCUT2D eigenvalue weighted by Gasteiger charge is -2.08. The highest BCUT2D eigenvalue weighted by Gasteiger charge is 2.30. The van der Waals surface area contributed by atoms with Gasteiger partial charge in [0.25, 0.3) is 5.91 Å². The smallest absolute Gasteiger partial charge is 0.285 e. The lowest BCUT2D eigenvalue weighted by molar-refractivity contribution is 0.0975. The summed E-state index contributed by atoms with van der Waals surface area (Å²) in [7, 11) is -2.23. The van der Waals surface area contributed by atoms with Crippen LogP contribution in [-0.2, 0) is 10.0 Å². The Morgan fingerprint density at radius 2 is 2.24 bits per heavy atom. The first kappa shape index (κ1) is 15.4. The molecule has 1 amide bonds. The van der Waals surface area contributed by atoms with Crippen molar-refractivity contribution in [2.24, 2.45) is 0 Å². The van der Waals surface area contributed by atoms with Crippen LogP contribution in [0.3, 0.4) is 0 Å². The van der Waals surface area contributed by atoms with Gasteiger partial charge in [-0.3, -0.25) is 4.79 Å². The standard InChI is InChI=1S/C13H17N3O4S/c1-3-4-7-21(18,19)16-13(17)10-8-11(20-2)12(15-14-10)9-5-6-9/h3,8-9H,1,4-7H2,2H3,(H,16,17). The number of sulfonamides is 1. The zero-order valence-corrected chi connectivity index (χ0v) is 12.5. The van der Waals surface area contributed by atoms with Crippen molar-refractivity contribution in [3.05, 3.63) is 30.1 Å². The highest BCUT2D eigenvalue weighted by molar-refractivity contribution is 7.90. The summed E-state index contributed by atoms with van der Waals surface area (Å²) in [6, 6.07) is 1.42. The van der Waals surface area contributed by atoms with Crippen molar-refractivity contribution in [2.75, 3.05) is 12.9 Å². The molecule has 1 aliphatic rings. The van der Waals surface area contributed by atoms with Crippen LogP contribution in [0.15, 0.2) is 18.7 Å². The van der Waals surface area contributed by atoms with Gasteiger partial charge >= 0.3 is 0 Å². The number of nitrogens with zero attached hydrogens (tertiary/aromatic N) is 2. The maximum Gasteiger partial charge on any atom is 0.285 e. The third kappa shape index (κ3) is 4.01. The number of carbonyl (C=O) groups excluding carboxylic acids is 1. The van der Waals surface area contributed by atoms with Crippen molar-refractivity contribution in [3.8, 4) is 5.75 Å². The molecule has 0 spiro atoms. The van der Waals surface area contributed by atoms with Gasteiger partial charge in [0.1, 0.15) is 11.4 Å². The molecule has 1 heterocycles. The number of rotatable bonds is 7. The lowest BCUT2D eigenvalue weighted by atomic mass is 10.2. The van der Waals surface area contributed by atoms with E-state index in [9.17, 15) is 13.2 Å². The average molecular weight is 311 g/mol. The monoisotopic (exact) mass is 311 g/mol. The van der Waals surface area contributed by atoms with Gasteiger partial charge in [0.15, 0.2) is 5.69 Å². The summed E-state index contributed by atoms with van der Waals surface area (Å²) in [6.07, 6.45) is 3.77. The van der Waals surface area contributed by atoms with E-state index < -0.39 is 15.9 Å². The zero-order chi connectivity index (χ0) is 15.5. The van der Waals surface area contributed by atoms with Crippen LogP contribution >= 0.6 is 0 Å². The number of methoxy groups -OCH3 is 1. The molecule has 7 nitrogen and oxygen atoms in total. The molecule has 0 radical (unpaired) electrons. The molecule has 1 aliphatic carbocycles. The Balaban J connectivity index is 2.14. The molecule has 0 atom stereocenters. The normalized spacial score (nSPS) is 14.5. The maximum atomic E-state index is 11.9. The Bertz CT molecular complexity index is 653. The van der Waals surface area contributed by atoms with Crippen LogP contribution in [-0.4, -0.2) is 37.4 Å². The first-order chi connectivity index (χ1) is 9.96. The van der Waals surface area contributed by atoms with Crippen molar-refractivity contribution < 1.29 is 17.9 Å². The molecular weight excluding hydrogens is 294 g/mol. The number of ether oxygens (including phenoxy) is 1. The molecule has 1 saturated carbocycles. The lowest BCUT2D eigenvalue weighted by Crippen LogP contribution is -2.33. The Hall–Kier alpha value is -1.96. The van der Waals surface area contributed by atoms with E-state index in [0.717, 1.165) is 12.8 Å². The minimum Gasteiger partial charge on any atom is -0.495 e. The SMILES string of the molecule is C=CCCS(=O)(=O)NC(=O)c1cc(OC)c(C2CC2)nn1. The Morgan fingerprint density at radius 3 is 2.81 bits per heavy atom. The predicted molar refractivity (Wildman–Crippen MR) is 76.6 cm³/mol. The van der Waals surface area contributed by atoms with Crippen molar-refractivity contribution in [1.29, 1.82) is 0 Å². The van der Waals surface area contributed by atoms with Crippen molar-refractivity contribution >= 4 is 15.9 Å².